The van der Waals surface area contributed by atoms with Crippen LogP contribution in [0.1, 0.15) is 24.8 Å². The van der Waals surface area contributed by atoms with Crippen molar-refractivity contribution >= 4 is 5.69 Å². The highest BCUT2D eigenvalue weighted by Crippen LogP contribution is 2.31. The van der Waals surface area contributed by atoms with Crippen LogP contribution in [0.25, 0.3) is 0 Å². The van der Waals surface area contributed by atoms with Crippen LogP contribution in [0.4, 0.5) is 5.69 Å². The molecule has 0 aromatic heterocycles. The minimum absolute atomic E-state index is 0.442. The highest BCUT2D eigenvalue weighted by molar-refractivity contribution is 5.50. The van der Waals surface area contributed by atoms with Gasteiger partial charge < -0.3 is 10.4 Å². The molecule has 14 heavy (non-hydrogen) atoms. The Morgan fingerprint density at radius 2 is 2.07 bits per heavy atom. The van der Waals surface area contributed by atoms with E-state index in [1.54, 1.807) is 0 Å². The quantitative estimate of drug-likeness (QED) is 0.768. The molecule has 2 heteroatoms. The van der Waals surface area contributed by atoms with E-state index in [1.165, 1.54) is 5.56 Å². The number of benzene rings is 1. The van der Waals surface area contributed by atoms with Crippen LogP contribution in [-0.4, -0.2) is 17.3 Å². The number of aliphatic hydroxyl groups is 1. The van der Waals surface area contributed by atoms with Gasteiger partial charge in [-0.2, -0.15) is 0 Å². The molecule has 76 valence electrons. The summed E-state index contributed by atoms with van der Waals surface area (Å²) in [6.45, 7) is 2.75. The Balaban J connectivity index is 1.95. The van der Waals surface area contributed by atoms with E-state index >= 15 is 0 Å². The average molecular weight is 191 g/mol. The molecule has 1 aliphatic carbocycles. The van der Waals surface area contributed by atoms with Crippen molar-refractivity contribution in [3.05, 3.63) is 29.8 Å². The predicted octanol–water partition coefficient (Wildman–Crippen LogP) is 2.32. The molecule has 1 fully saturated rings. The molecule has 0 unspecified atom stereocenters. The lowest BCUT2D eigenvalue weighted by molar-refractivity contribution is -0.0202. The summed E-state index contributed by atoms with van der Waals surface area (Å²) in [6, 6.07) is 8.17. The van der Waals surface area contributed by atoms with Crippen LogP contribution in [0.15, 0.2) is 24.3 Å². The minimum Gasteiger partial charge on any atom is -0.388 e. The molecule has 1 aliphatic rings. The average Bonchev–Trinajstić information content (AvgIpc) is 2.14. The van der Waals surface area contributed by atoms with E-state index in [0.717, 1.165) is 24.9 Å². The summed E-state index contributed by atoms with van der Waals surface area (Å²) in [5, 5.41) is 13.2. The van der Waals surface area contributed by atoms with E-state index in [1.807, 2.05) is 12.1 Å². The fourth-order valence-corrected chi connectivity index (χ4v) is 1.79. The topological polar surface area (TPSA) is 32.3 Å². The Kier molecular flexibility index (Phi) is 2.46. The van der Waals surface area contributed by atoms with Gasteiger partial charge in [0.25, 0.3) is 0 Å². The van der Waals surface area contributed by atoms with Crippen LogP contribution in [0.5, 0.6) is 0 Å². The third-order valence-corrected chi connectivity index (χ3v) is 3.04. The molecule has 2 N–H and O–H groups in total. The third-order valence-electron chi connectivity index (χ3n) is 3.04. The molecule has 0 bridgehead atoms. The van der Waals surface area contributed by atoms with Crippen LogP contribution in [-0.2, 0) is 0 Å². The zero-order valence-electron chi connectivity index (χ0n) is 8.59. The second-order valence-corrected chi connectivity index (χ2v) is 4.25. The summed E-state index contributed by atoms with van der Waals surface area (Å²) in [6.07, 6.45) is 3.03. The van der Waals surface area contributed by atoms with Gasteiger partial charge in [0, 0.05) is 12.2 Å². The van der Waals surface area contributed by atoms with Crippen molar-refractivity contribution in [3.63, 3.8) is 0 Å². The summed E-state index contributed by atoms with van der Waals surface area (Å²) in [4.78, 5) is 0. The SMILES string of the molecule is Cc1ccccc1NCC1(O)CCC1. The molecule has 1 aromatic carbocycles. The van der Waals surface area contributed by atoms with Gasteiger partial charge in [0.2, 0.25) is 0 Å². The van der Waals surface area contributed by atoms with Crippen LogP contribution < -0.4 is 5.32 Å². The van der Waals surface area contributed by atoms with Crippen molar-refractivity contribution < 1.29 is 5.11 Å². The fourth-order valence-electron chi connectivity index (χ4n) is 1.79. The number of rotatable bonds is 3. The summed E-state index contributed by atoms with van der Waals surface area (Å²) in [7, 11) is 0. The molecule has 0 radical (unpaired) electrons. The van der Waals surface area contributed by atoms with E-state index in [2.05, 4.69) is 24.4 Å². The highest BCUT2D eigenvalue weighted by atomic mass is 16.3. The molecule has 1 saturated carbocycles. The first-order valence-corrected chi connectivity index (χ1v) is 5.22. The van der Waals surface area contributed by atoms with Crippen molar-refractivity contribution in [3.8, 4) is 0 Å². The Morgan fingerprint density at radius 1 is 1.36 bits per heavy atom. The van der Waals surface area contributed by atoms with Crippen molar-refractivity contribution in [1.82, 2.24) is 0 Å². The number of anilines is 1. The van der Waals surface area contributed by atoms with Gasteiger partial charge in [0.15, 0.2) is 0 Å². The van der Waals surface area contributed by atoms with E-state index in [-0.39, 0.29) is 0 Å². The number of hydrogen-bond acceptors (Lipinski definition) is 2. The van der Waals surface area contributed by atoms with Crippen molar-refractivity contribution in [2.75, 3.05) is 11.9 Å². The lowest BCUT2D eigenvalue weighted by Crippen LogP contribution is -2.43. The zero-order chi connectivity index (χ0) is 10.0. The molecule has 0 amide bonds. The van der Waals surface area contributed by atoms with Crippen LogP contribution in [0, 0.1) is 6.92 Å². The normalized spacial score (nSPS) is 18.7. The smallest absolute Gasteiger partial charge is 0.0819 e. The number of nitrogens with one attached hydrogen (secondary N) is 1. The summed E-state index contributed by atoms with van der Waals surface area (Å²) < 4.78 is 0. The Hall–Kier alpha value is -1.02. The van der Waals surface area contributed by atoms with Crippen LogP contribution >= 0.6 is 0 Å². The molecule has 2 rings (SSSR count). The first kappa shape index (κ1) is 9.53. The molecule has 0 spiro atoms. The van der Waals surface area contributed by atoms with E-state index in [4.69, 9.17) is 0 Å². The van der Waals surface area contributed by atoms with Gasteiger partial charge in [0.1, 0.15) is 0 Å². The largest absolute Gasteiger partial charge is 0.388 e. The van der Waals surface area contributed by atoms with Gasteiger partial charge in [-0.25, -0.2) is 0 Å². The molecule has 2 nitrogen and oxygen atoms in total. The molecule has 0 aliphatic heterocycles. The molecule has 0 atom stereocenters. The number of para-hydroxylation sites is 1. The van der Waals surface area contributed by atoms with Crippen LogP contribution in [0.3, 0.4) is 0 Å². The van der Waals surface area contributed by atoms with Crippen LogP contribution in [0.2, 0.25) is 0 Å². The van der Waals surface area contributed by atoms with Gasteiger partial charge in [0.05, 0.1) is 5.60 Å². The predicted molar refractivity (Wildman–Crippen MR) is 58.5 cm³/mol. The second kappa shape index (κ2) is 3.62. The Labute approximate surface area is 85.0 Å². The second-order valence-electron chi connectivity index (χ2n) is 4.25. The van der Waals surface area contributed by atoms with Gasteiger partial charge in [-0.3, -0.25) is 0 Å². The van der Waals surface area contributed by atoms with E-state index < -0.39 is 5.60 Å². The maximum absolute atomic E-state index is 9.90. The molecule has 1 aromatic rings. The van der Waals surface area contributed by atoms with Gasteiger partial charge >= 0.3 is 0 Å². The summed E-state index contributed by atoms with van der Waals surface area (Å²) in [5.41, 5.74) is 1.92. The number of hydrogen-bond donors (Lipinski definition) is 2. The molecule has 0 heterocycles. The lowest BCUT2D eigenvalue weighted by atomic mass is 9.80. The lowest BCUT2D eigenvalue weighted by Gasteiger charge is -2.37. The number of aryl methyl sites for hydroxylation is 1. The van der Waals surface area contributed by atoms with Crippen molar-refractivity contribution in [2.24, 2.45) is 0 Å². The third kappa shape index (κ3) is 1.90. The van der Waals surface area contributed by atoms with E-state index in [0.29, 0.717) is 6.54 Å². The highest BCUT2D eigenvalue weighted by Gasteiger charge is 2.33. The Morgan fingerprint density at radius 3 is 2.64 bits per heavy atom. The summed E-state index contributed by atoms with van der Waals surface area (Å²) in [5.74, 6) is 0. The maximum atomic E-state index is 9.90. The first-order valence-electron chi connectivity index (χ1n) is 5.22. The molecular weight excluding hydrogens is 174 g/mol. The molecular formula is C12H17NO. The molecule has 0 saturated heterocycles. The van der Waals surface area contributed by atoms with Gasteiger partial charge in [-0.1, -0.05) is 18.2 Å². The van der Waals surface area contributed by atoms with E-state index in [9.17, 15) is 5.11 Å². The van der Waals surface area contributed by atoms with Crippen molar-refractivity contribution in [1.29, 1.82) is 0 Å². The maximum Gasteiger partial charge on any atom is 0.0819 e. The Bertz CT molecular complexity index is 318. The van der Waals surface area contributed by atoms with Gasteiger partial charge in [-0.05, 0) is 37.8 Å². The minimum atomic E-state index is -0.442. The van der Waals surface area contributed by atoms with Crippen molar-refractivity contribution in [2.45, 2.75) is 31.8 Å². The monoisotopic (exact) mass is 191 g/mol. The van der Waals surface area contributed by atoms with Gasteiger partial charge in [-0.15, -0.1) is 0 Å². The standard InChI is InChI=1S/C12H17NO/c1-10-5-2-3-6-11(10)13-9-12(14)7-4-8-12/h2-3,5-6,13-14H,4,7-9H2,1H3. The fraction of sp³-hybridized carbons (Fsp3) is 0.500. The summed E-state index contributed by atoms with van der Waals surface area (Å²) >= 11 is 0. The first-order chi connectivity index (χ1) is 6.70. The zero-order valence-corrected chi connectivity index (χ0v) is 8.59.